The first-order valence-electron chi connectivity index (χ1n) is 7.01. The van der Waals surface area contributed by atoms with Crippen LogP contribution in [0.15, 0.2) is 37.6 Å². The summed E-state index contributed by atoms with van der Waals surface area (Å²) in [5.74, 6) is 2.68. The number of furan rings is 1. The standard InChI is InChI=1S/C16H17Br2NO2/c1-10-6-13(21-16(10)8-19-12-3-4-12)9-20-15-5-2-11(17)7-14(15)18/h2,5-7,12,19H,3-4,8-9H2,1H3. The highest BCUT2D eigenvalue weighted by Crippen LogP contribution is 2.29. The third-order valence-corrected chi connectivity index (χ3v) is 4.58. The molecule has 1 saturated carbocycles. The molecule has 0 unspecified atom stereocenters. The van der Waals surface area contributed by atoms with Crippen molar-refractivity contribution in [1.29, 1.82) is 0 Å². The van der Waals surface area contributed by atoms with E-state index < -0.39 is 0 Å². The Morgan fingerprint density at radius 2 is 2.10 bits per heavy atom. The molecule has 3 nitrogen and oxygen atoms in total. The molecule has 3 rings (SSSR count). The molecule has 2 aromatic rings. The summed E-state index contributed by atoms with van der Waals surface area (Å²) >= 11 is 6.92. The molecule has 112 valence electrons. The Balaban J connectivity index is 1.60. The average Bonchev–Trinajstić information content (AvgIpc) is 3.20. The minimum absolute atomic E-state index is 0.435. The van der Waals surface area contributed by atoms with E-state index in [9.17, 15) is 0 Å². The summed E-state index contributed by atoms with van der Waals surface area (Å²) in [4.78, 5) is 0. The smallest absolute Gasteiger partial charge is 0.146 e. The van der Waals surface area contributed by atoms with Gasteiger partial charge in [-0.05, 0) is 65.5 Å². The Morgan fingerprint density at radius 1 is 1.29 bits per heavy atom. The molecule has 1 aliphatic rings. The van der Waals surface area contributed by atoms with E-state index >= 15 is 0 Å². The molecule has 0 aliphatic heterocycles. The van der Waals surface area contributed by atoms with E-state index in [0.29, 0.717) is 12.6 Å². The van der Waals surface area contributed by atoms with Crippen LogP contribution in [0.3, 0.4) is 0 Å². The summed E-state index contributed by atoms with van der Waals surface area (Å²) in [6.07, 6.45) is 2.57. The van der Waals surface area contributed by atoms with E-state index in [1.54, 1.807) is 0 Å². The van der Waals surface area contributed by atoms with Gasteiger partial charge in [-0.2, -0.15) is 0 Å². The largest absolute Gasteiger partial charge is 0.484 e. The molecular weight excluding hydrogens is 398 g/mol. The Kier molecular flexibility index (Phi) is 4.72. The molecule has 1 aliphatic carbocycles. The molecule has 1 N–H and O–H groups in total. The van der Waals surface area contributed by atoms with Crippen LogP contribution in [0.25, 0.3) is 0 Å². The van der Waals surface area contributed by atoms with Crippen molar-refractivity contribution in [1.82, 2.24) is 5.32 Å². The van der Waals surface area contributed by atoms with Gasteiger partial charge >= 0.3 is 0 Å². The van der Waals surface area contributed by atoms with Crippen LogP contribution < -0.4 is 10.1 Å². The van der Waals surface area contributed by atoms with E-state index in [1.165, 1.54) is 18.4 Å². The molecule has 1 heterocycles. The Morgan fingerprint density at radius 3 is 2.81 bits per heavy atom. The first-order chi connectivity index (χ1) is 10.1. The predicted octanol–water partition coefficient (Wildman–Crippen LogP) is 4.94. The van der Waals surface area contributed by atoms with E-state index in [4.69, 9.17) is 9.15 Å². The van der Waals surface area contributed by atoms with Crippen LogP contribution in [0.4, 0.5) is 0 Å². The fraction of sp³-hybridized carbons (Fsp3) is 0.375. The van der Waals surface area contributed by atoms with Crippen LogP contribution in [0.2, 0.25) is 0 Å². The van der Waals surface area contributed by atoms with Gasteiger partial charge < -0.3 is 14.5 Å². The molecule has 1 aromatic heterocycles. The zero-order valence-corrected chi connectivity index (χ0v) is 15.0. The zero-order valence-electron chi connectivity index (χ0n) is 11.8. The molecule has 0 spiro atoms. The number of halogens is 2. The lowest BCUT2D eigenvalue weighted by molar-refractivity contribution is 0.263. The number of rotatable bonds is 6. The highest BCUT2D eigenvalue weighted by atomic mass is 79.9. The summed E-state index contributed by atoms with van der Waals surface area (Å²) < 4.78 is 13.6. The molecule has 1 aromatic carbocycles. The molecule has 0 amide bonds. The van der Waals surface area contributed by atoms with Crippen LogP contribution in [-0.4, -0.2) is 6.04 Å². The summed E-state index contributed by atoms with van der Waals surface area (Å²) in [5, 5.41) is 3.47. The molecular formula is C16H17Br2NO2. The van der Waals surface area contributed by atoms with Crippen molar-refractivity contribution in [3.05, 3.63) is 50.3 Å². The normalized spacial score (nSPS) is 14.4. The second-order valence-corrected chi connectivity index (χ2v) is 7.11. The number of hydrogen-bond acceptors (Lipinski definition) is 3. The fourth-order valence-electron chi connectivity index (χ4n) is 2.10. The van der Waals surface area contributed by atoms with Crippen LogP contribution in [0.1, 0.15) is 29.9 Å². The average molecular weight is 415 g/mol. The third-order valence-electron chi connectivity index (χ3n) is 3.46. The van der Waals surface area contributed by atoms with Crippen molar-refractivity contribution in [2.24, 2.45) is 0 Å². The summed E-state index contributed by atoms with van der Waals surface area (Å²) in [7, 11) is 0. The molecule has 0 saturated heterocycles. The van der Waals surface area contributed by atoms with Crippen molar-refractivity contribution >= 4 is 31.9 Å². The van der Waals surface area contributed by atoms with Crippen molar-refractivity contribution in [2.45, 2.75) is 39.0 Å². The highest BCUT2D eigenvalue weighted by molar-refractivity contribution is 9.11. The maximum atomic E-state index is 5.87. The third kappa shape index (κ3) is 4.11. The highest BCUT2D eigenvalue weighted by Gasteiger charge is 2.21. The topological polar surface area (TPSA) is 34.4 Å². The van der Waals surface area contributed by atoms with Crippen molar-refractivity contribution < 1.29 is 9.15 Å². The van der Waals surface area contributed by atoms with Gasteiger partial charge in [-0.1, -0.05) is 15.9 Å². The van der Waals surface area contributed by atoms with Crippen LogP contribution in [0.5, 0.6) is 5.75 Å². The van der Waals surface area contributed by atoms with Gasteiger partial charge in [0.05, 0.1) is 11.0 Å². The summed E-state index contributed by atoms with van der Waals surface area (Å²) in [6, 6.07) is 8.59. The van der Waals surface area contributed by atoms with Crippen LogP contribution >= 0.6 is 31.9 Å². The summed E-state index contributed by atoms with van der Waals surface area (Å²) in [6.45, 7) is 3.31. The monoisotopic (exact) mass is 413 g/mol. The molecule has 0 atom stereocenters. The van der Waals surface area contributed by atoms with Gasteiger partial charge in [-0.25, -0.2) is 0 Å². The number of aryl methyl sites for hydroxylation is 1. The molecule has 5 heteroatoms. The van der Waals surface area contributed by atoms with Gasteiger partial charge in [0, 0.05) is 10.5 Å². The number of ether oxygens (including phenoxy) is 1. The van der Waals surface area contributed by atoms with E-state index in [2.05, 4.69) is 50.2 Å². The first kappa shape index (κ1) is 15.1. The Labute approximate surface area is 141 Å². The molecule has 0 radical (unpaired) electrons. The quantitative estimate of drug-likeness (QED) is 0.726. The summed E-state index contributed by atoms with van der Waals surface area (Å²) in [5.41, 5.74) is 1.18. The maximum absolute atomic E-state index is 5.87. The van der Waals surface area contributed by atoms with Gasteiger partial charge in [0.15, 0.2) is 0 Å². The zero-order chi connectivity index (χ0) is 14.8. The second kappa shape index (κ2) is 6.55. The first-order valence-corrected chi connectivity index (χ1v) is 8.60. The van der Waals surface area contributed by atoms with Gasteiger partial charge in [-0.3, -0.25) is 0 Å². The number of benzene rings is 1. The lowest BCUT2D eigenvalue weighted by Gasteiger charge is -2.06. The number of hydrogen-bond donors (Lipinski definition) is 1. The second-order valence-electron chi connectivity index (χ2n) is 5.34. The minimum atomic E-state index is 0.435. The molecule has 21 heavy (non-hydrogen) atoms. The van der Waals surface area contributed by atoms with Crippen LogP contribution in [0, 0.1) is 6.92 Å². The van der Waals surface area contributed by atoms with Crippen molar-refractivity contribution in [2.75, 3.05) is 0 Å². The van der Waals surface area contributed by atoms with E-state index in [-0.39, 0.29) is 0 Å². The van der Waals surface area contributed by atoms with Crippen molar-refractivity contribution in [3.63, 3.8) is 0 Å². The van der Waals surface area contributed by atoms with Gasteiger partial charge in [0.1, 0.15) is 23.9 Å². The molecule has 1 fully saturated rings. The van der Waals surface area contributed by atoms with Gasteiger partial charge in [-0.15, -0.1) is 0 Å². The molecule has 0 bridgehead atoms. The Hall–Kier alpha value is -0.780. The SMILES string of the molecule is Cc1cc(COc2ccc(Br)cc2Br)oc1CNC1CC1. The maximum Gasteiger partial charge on any atom is 0.146 e. The lowest BCUT2D eigenvalue weighted by Crippen LogP contribution is -2.15. The lowest BCUT2D eigenvalue weighted by atomic mass is 10.2. The van der Waals surface area contributed by atoms with Gasteiger partial charge in [0.25, 0.3) is 0 Å². The Bertz CT molecular complexity index is 635. The van der Waals surface area contributed by atoms with E-state index in [0.717, 1.165) is 32.8 Å². The van der Waals surface area contributed by atoms with Crippen molar-refractivity contribution in [3.8, 4) is 5.75 Å². The minimum Gasteiger partial charge on any atom is -0.484 e. The fourth-order valence-corrected chi connectivity index (χ4v) is 3.26. The van der Waals surface area contributed by atoms with Crippen LogP contribution in [-0.2, 0) is 13.2 Å². The number of nitrogens with one attached hydrogen (secondary N) is 1. The van der Waals surface area contributed by atoms with Gasteiger partial charge in [0.2, 0.25) is 0 Å². The van der Waals surface area contributed by atoms with E-state index in [1.807, 2.05) is 18.2 Å². The predicted molar refractivity (Wildman–Crippen MR) is 89.5 cm³/mol.